The molecule has 0 aromatic carbocycles. The standard InChI is InChI=1S/C14H12N4O2S/c1-20-10-5-4-8(7-17-10)18-13(19)12-11(15)9-3-2-6-16-14(9)21-12/h2-7H,15H2,1H3,(H,18,19). The average molecular weight is 300 g/mol. The number of nitrogens with zero attached hydrogens (tertiary/aromatic N) is 2. The van der Waals surface area contributed by atoms with E-state index in [0.717, 1.165) is 10.2 Å². The van der Waals surface area contributed by atoms with E-state index < -0.39 is 0 Å². The van der Waals surface area contributed by atoms with E-state index in [9.17, 15) is 4.79 Å². The Morgan fingerprint density at radius 2 is 2.19 bits per heavy atom. The minimum absolute atomic E-state index is 0.275. The fourth-order valence-electron chi connectivity index (χ4n) is 1.88. The van der Waals surface area contributed by atoms with Crippen molar-refractivity contribution < 1.29 is 9.53 Å². The number of methoxy groups -OCH3 is 1. The van der Waals surface area contributed by atoms with Gasteiger partial charge in [-0.15, -0.1) is 11.3 Å². The topological polar surface area (TPSA) is 90.1 Å². The van der Waals surface area contributed by atoms with Gasteiger partial charge in [-0.2, -0.15) is 0 Å². The van der Waals surface area contributed by atoms with E-state index in [0.29, 0.717) is 22.1 Å². The van der Waals surface area contributed by atoms with Crippen LogP contribution in [0.2, 0.25) is 0 Å². The summed E-state index contributed by atoms with van der Waals surface area (Å²) in [4.78, 5) is 21.7. The Kier molecular flexibility index (Phi) is 3.41. The summed E-state index contributed by atoms with van der Waals surface area (Å²) in [6, 6.07) is 7.03. The van der Waals surface area contributed by atoms with E-state index in [2.05, 4.69) is 15.3 Å². The third-order valence-corrected chi connectivity index (χ3v) is 4.04. The molecule has 0 radical (unpaired) electrons. The number of carbonyl (C=O) groups excluding carboxylic acids is 1. The maximum atomic E-state index is 12.3. The van der Waals surface area contributed by atoms with E-state index in [-0.39, 0.29) is 5.91 Å². The van der Waals surface area contributed by atoms with Gasteiger partial charge in [0.05, 0.1) is 24.7 Å². The molecule has 0 aliphatic carbocycles. The second kappa shape index (κ2) is 5.37. The molecule has 0 spiro atoms. The van der Waals surface area contributed by atoms with E-state index >= 15 is 0 Å². The lowest BCUT2D eigenvalue weighted by Gasteiger charge is -2.04. The van der Waals surface area contributed by atoms with Gasteiger partial charge in [-0.05, 0) is 18.2 Å². The van der Waals surface area contributed by atoms with E-state index in [1.54, 1.807) is 24.4 Å². The number of pyridine rings is 2. The van der Waals surface area contributed by atoms with Gasteiger partial charge in [0.25, 0.3) is 5.91 Å². The quantitative estimate of drug-likeness (QED) is 0.775. The van der Waals surface area contributed by atoms with Crippen LogP contribution in [-0.4, -0.2) is 23.0 Å². The average Bonchev–Trinajstić information content (AvgIpc) is 2.86. The smallest absolute Gasteiger partial charge is 0.267 e. The van der Waals surface area contributed by atoms with Gasteiger partial charge in [-0.1, -0.05) is 0 Å². The molecule has 0 saturated heterocycles. The van der Waals surface area contributed by atoms with Crippen LogP contribution in [0, 0.1) is 0 Å². The number of ether oxygens (including phenoxy) is 1. The van der Waals surface area contributed by atoms with Crippen molar-refractivity contribution in [2.24, 2.45) is 0 Å². The lowest BCUT2D eigenvalue weighted by Crippen LogP contribution is -2.12. The molecular formula is C14H12N4O2S. The number of nitrogens with two attached hydrogens (primary N) is 1. The van der Waals surface area contributed by atoms with Gasteiger partial charge in [-0.3, -0.25) is 4.79 Å². The van der Waals surface area contributed by atoms with Crippen molar-refractivity contribution >= 4 is 38.8 Å². The third kappa shape index (κ3) is 2.50. The number of hydrogen-bond donors (Lipinski definition) is 2. The fraction of sp³-hybridized carbons (Fsp3) is 0.0714. The Morgan fingerprint density at radius 1 is 1.33 bits per heavy atom. The highest BCUT2D eigenvalue weighted by Crippen LogP contribution is 2.32. The first-order chi connectivity index (χ1) is 10.2. The molecule has 0 fully saturated rings. The summed E-state index contributed by atoms with van der Waals surface area (Å²) in [6.45, 7) is 0. The number of thiophene rings is 1. The molecule has 0 bridgehead atoms. The SMILES string of the molecule is COc1ccc(NC(=O)c2sc3ncccc3c2N)cn1. The summed E-state index contributed by atoms with van der Waals surface area (Å²) in [5.41, 5.74) is 7.03. The number of nitrogen functional groups attached to an aromatic ring is 1. The van der Waals surface area contributed by atoms with Gasteiger partial charge in [0.1, 0.15) is 9.71 Å². The summed E-state index contributed by atoms with van der Waals surface area (Å²) >= 11 is 1.27. The van der Waals surface area contributed by atoms with E-state index in [1.807, 2.05) is 6.07 Å². The van der Waals surface area contributed by atoms with Crippen LogP contribution in [0.4, 0.5) is 11.4 Å². The third-order valence-electron chi connectivity index (χ3n) is 2.91. The molecule has 7 heteroatoms. The molecule has 0 aliphatic heterocycles. The van der Waals surface area contributed by atoms with Crippen molar-refractivity contribution in [3.8, 4) is 5.88 Å². The zero-order valence-corrected chi connectivity index (χ0v) is 12.0. The molecule has 0 saturated carbocycles. The summed E-state index contributed by atoms with van der Waals surface area (Å²) in [5, 5.41) is 3.55. The number of nitrogens with one attached hydrogen (secondary N) is 1. The van der Waals surface area contributed by atoms with E-state index in [4.69, 9.17) is 10.5 Å². The van der Waals surface area contributed by atoms with Gasteiger partial charge in [-0.25, -0.2) is 9.97 Å². The number of rotatable bonds is 3. The molecule has 3 aromatic rings. The van der Waals surface area contributed by atoms with Crippen LogP contribution in [0.3, 0.4) is 0 Å². The van der Waals surface area contributed by atoms with Crippen molar-refractivity contribution in [3.63, 3.8) is 0 Å². The van der Waals surface area contributed by atoms with Crippen molar-refractivity contribution in [1.29, 1.82) is 0 Å². The molecular weight excluding hydrogens is 288 g/mol. The predicted molar refractivity (Wildman–Crippen MR) is 82.8 cm³/mol. The van der Waals surface area contributed by atoms with Gasteiger partial charge < -0.3 is 15.8 Å². The van der Waals surface area contributed by atoms with Crippen molar-refractivity contribution in [3.05, 3.63) is 41.5 Å². The van der Waals surface area contributed by atoms with Crippen molar-refractivity contribution in [2.45, 2.75) is 0 Å². The van der Waals surface area contributed by atoms with Crippen LogP contribution in [0.15, 0.2) is 36.7 Å². The number of amides is 1. The molecule has 3 rings (SSSR count). The molecule has 3 aromatic heterocycles. The number of carbonyl (C=O) groups is 1. The zero-order chi connectivity index (χ0) is 14.8. The minimum atomic E-state index is -0.275. The first kappa shape index (κ1) is 13.3. The zero-order valence-electron chi connectivity index (χ0n) is 11.2. The molecule has 3 N–H and O–H groups in total. The Labute approximate surface area is 124 Å². The molecule has 6 nitrogen and oxygen atoms in total. The predicted octanol–water partition coefficient (Wildman–Crippen LogP) is 2.53. The van der Waals surface area contributed by atoms with Crippen molar-refractivity contribution in [2.75, 3.05) is 18.2 Å². The minimum Gasteiger partial charge on any atom is -0.481 e. The molecule has 0 unspecified atom stereocenters. The highest BCUT2D eigenvalue weighted by atomic mass is 32.1. The highest BCUT2D eigenvalue weighted by Gasteiger charge is 2.17. The first-order valence-corrected chi connectivity index (χ1v) is 6.95. The Balaban J connectivity index is 1.87. The maximum Gasteiger partial charge on any atom is 0.267 e. The summed E-state index contributed by atoms with van der Waals surface area (Å²) in [7, 11) is 1.53. The monoisotopic (exact) mass is 300 g/mol. The van der Waals surface area contributed by atoms with E-state index in [1.165, 1.54) is 24.6 Å². The summed E-state index contributed by atoms with van der Waals surface area (Å²) in [5.74, 6) is 0.209. The van der Waals surface area contributed by atoms with Crippen LogP contribution in [0.5, 0.6) is 5.88 Å². The number of hydrogen-bond acceptors (Lipinski definition) is 6. The largest absolute Gasteiger partial charge is 0.481 e. The van der Waals surface area contributed by atoms with Crippen LogP contribution < -0.4 is 15.8 Å². The number of aromatic nitrogens is 2. The second-order valence-corrected chi connectivity index (χ2v) is 5.24. The molecule has 0 aliphatic rings. The van der Waals surface area contributed by atoms with Crippen LogP contribution >= 0.6 is 11.3 Å². The van der Waals surface area contributed by atoms with Gasteiger partial charge in [0.2, 0.25) is 5.88 Å². The fourth-order valence-corrected chi connectivity index (χ4v) is 2.84. The number of fused-ring (bicyclic) bond motifs is 1. The first-order valence-electron chi connectivity index (χ1n) is 6.13. The Bertz CT molecular complexity index is 798. The lowest BCUT2D eigenvalue weighted by molar-refractivity contribution is 0.103. The highest BCUT2D eigenvalue weighted by molar-refractivity contribution is 7.21. The van der Waals surface area contributed by atoms with Crippen molar-refractivity contribution in [1.82, 2.24) is 9.97 Å². The van der Waals surface area contributed by atoms with Crippen LogP contribution in [0.25, 0.3) is 10.2 Å². The van der Waals surface area contributed by atoms with Gasteiger partial charge in [0, 0.05) is 17.6 Å². The van der Waals surface area contributed by atoms with Crippen LogP contribution in [-0.2, 0) is 0 Å². The molecule has 3 heterocycles. The molecule has 106 valence electrons. The lowest BCUT2D eigenvalue weighted by atomic mass is 10.2. The Morgan fingerprint density at radius 3 is 2.86 bits per heavy atom. The van der Waals surface area contributed by atoms with Gasteiger partial charge in [0.15, 0.2) is 0 Å². The summed E-state index contributed by atoms with van der Waals surface area (Å²) < 4.78 is 4.97. The normalized spacial score (nSPS) is 10.5. The maximum absolute atomic E-state index is 12.3. The summed E-state index contributed by atoms with van der Waals surface area (Å²) in [6.07, 6.45) is 3.20. The molecule has 1 amide bonds. The number of anilines is 2. The Hall–Kier alpha value is -2.67. The van der Waals surface area contributed by atoms with Crippen LogP contribution in [0.1, 0.15) is 9.67 Å². The second-order valence-electron chi connectivity index (χ2n) is 4.24. The van der Waals surface area contributed by atoms with Gasteiger partial charge >= 0.3 is 0 Å². The molecule has 0 atom stereocenters. The molecule has 21 heavy (non-hydrogen) atoms.